The number of aryl methyl sites for hydroxylation is 1. The van der Waals surface area contributed by atoms with Gasteiger partial charge in [-0.15, -0.1) is 34.0 Å². The predicted molar refractivity (Wildman–Crippen MR) is 110 cm³/mol. The lowest BCUT2D eigenvalue weighted by Crippen LogP contribution is -2.51. The van der Waals surface area contributed by atoms with E-state index in [2.05, 4.69) is 23.6 Å². The molecule has 27 heavy (non-hydrogen) atoms. The van der Waals surface area contributed by atoms with E-state index in [9.17, 15) is 18.7 Å². The van der Waals surface area contributed by atoms with Crippen LogP contribution in [-0.4, -0.2) is 23.4 Å². The van der Waals surface area contributed by atoms with Gasteiger partial charge in [-0.05, 0) is 62.4 Å². The summed E-state index contributed by atoms with van der Waals surface area (Å²) in [4.78, 5) is 17.2. The van der Waals surface area contributed by atoms with Gasteiger partial charge in [0.15, 0.2) is 0 Å². The van der Waals surface area contributed by atoms with E-state index in [0.29, 0.717) is 12.7 Å². The van der Waals surface area contributed by atoms with Crippen LogP contribution in [0.1, 0.15) is 25.1 Å². The van der Waals surface area contributed by atoms with Gasteiger partial charge in [0.1, 0.15) is 11.9 Å². The number of rotatable bonds is 8. The minimum atomic E-state index is -2.98. The number of hydrogen-bond acceptors (Lipinski definition) is 5. The second-order valence-electron chi connectivity index (χ2n) is 6.89. The minimum Gasteiger partial charge on any atom is -0.383 e. The summed E-state index contributed by atoms with van der Waals surface area (Å²) in [7, 11) is 0. The summed E-state index contributed by atoms with van der Waals surface area (Å²) in [6.07, 6.45) is -1.89. The van der Waals surface area contributed by atoms with E-state index in [4.69, 9.17) is 0 Å². The predicted octanol–water partition coefficient (Wildman–Crippen LogP) is 6.36. The van der Waals surface area contributed by atoms with E-state index >= 15 is 0 Å². The number of halogens is 2. The van der Waals surface area contributed by atoms with Gasteiger partial charge >= 0.3 is 0 Å². The van der Waals surface area contributed by atoms with E-state index in [-0.39, 0.29) is 6.42 Å². The van der Waals surface area contributed by atoms with E-state index in [1.165, 1.54) is 16.7 Å². The number of thiophene rings is 3. The first-order valence-corrected chi connectivity index (χ1v) is 11.0. The summed E-state index contributed by atoms with van der Waals surface area (Å²) in [5.74, 6) is 0. The third-order valence-electron chi connectivity index (χ3n) is 5.01. The van der Waals surface area contributed by atoms with Gasteiger partial charge in [-0.25, -0.2) is 8.78 Å². The highest BCUT2D eigenvalue weighted by atomic mass is 32.1. The number of aldehydes is 1. The van der Waals surface area contributed by atoms with Crippen LogP contribution in [0.25, 0.3) is 19.5 Å². The largest absolute Gasteiger partial charge is 0.383 e. The Morgan fingerprint density at radius 3 is 2.26 bits per heavy atom. The molecule has 144 valence electrons. The van der Waals surface area contributed by atoms with Crippen molar-refractivity contribution in [2.24, 2.45) is 5.41 Å². The van der Waals surface area contributed by atoms with Gasteiger partial charge in [0, 0.05) is 24.4 Å². The quantitative estimate of drug-likeness (QED) is 0.426. The average molecular weight is 427 g/mol. The summed E-state index contributed by atoms with van der Waals surface area (Å²) in [5, 5.41) is 12.1. The maximum Gasteiger partial charge on any atom is 0.267 e. The first-order chi connectivity index (χ1) is 12.8. The van der Waals surface area contributed by atoms with Crippen LogP contribution in [0.3, 0.4) is 0 Å². The molecule has 0 saturated carbocycles. The normalized spacial score (nSPS) is 16.2. The number of alkyl halides is 2. The van der Waals surface area contributed by atoms with E-state index in [1.54, 1.807) is 34.0 Å². The molecule has 0 spiro atoms. The maximum absolute atomic E-state index is 13.2. The van der Waals surface area contributed by atoms with Gasteiger partial charge in [-0.1, -0.05) is 6.07 Å². The van der Waals surface area contributed by atoms with Crippen LogP contribution >= 0.6 is 34.0 Å². The molecule has 0 amide bonds. The number of hydrogen-bond donors (Lipinski definition) is 1. The average Bonchev–Trinajstić information content (AvgIpc) is 3.39. The van der Waals surface area contributed by atoms with Crippen molar-refractivity contribution >= 4 is 40.3 Å². The lowest BCUT2D eigenvalue weighted by atomic mass is 9.72. The summed E-state index contributed by atoms with van der Waals surface area (Å²) >= 11 is 5.02. The Hall–Kier alpha value is -1.41. The molecule has 0 aliphatic heterocycles. The molecule has 2 unspecified atom stereocenters. The second kappa shape index (κ2) is 7.91. The molecule has 1 N–H and O–H groups in total. The fourth-order valence-corrected chi connectivity index (χ4v) is 5.67. The monoisotopic (exact) mass is 426 g/mol. The van der Waals surface area contributed by atoms with Gasteiger partial charge in [-0.3, -0.25) is 0 Å². The molecular weight excluding hydrogens is 406 g/mol. The molecule has 0 aromatic carbocycles. The molecule has 0 aliphatic carbocycles. The SMILES string of the molecule is CC(C=O)(CCc1ccc(-c2ccc(-c3cccs3)s2)s1)C(C)(O)C(F)F. The van der Waals surface area contributed by atoms with Gasteiger partial charge in [-0.2, -0.15) is 0 Å². The van der Waals surface area contributed by atoms with Crippen LogP contribution in [0.2, 0.25) is 0 Å². The van der Waals surface area contributed by atoms with Crippen molar-refractivity contribution in [1.82, 2.24) is 0 Å². The zero-order chi connectivity index (χ0) is 19.7. The van der Waals surface area contributed by atoms with Crippen molar-refractivity contribution in [2.45, 2.75) is 38.7 Å². The minimum absolute atomic E-state index is 0.165. The molecule has 7 heteroatoms. The molecule has 0 saturated heterocycles. The molecule has 3 heterocycles. The van der Waals surface area contributed by atoms with Gasteiger partial charge < -0.3 is 9.90 Å². The van der Waals surface area contributed by atoms with Crippen molar-refractivity contribution in [3.63, 3.8) is 0 Å². The molecular formula is C20H20F2O2S3. The Bertz CT molecular complexity index is 896. The molecule has 0 fully saturated rings. The number of aliphatic hydroxyl groups is 1. The van der Waals surface area contributed by atoms with Gasteiger partial charge in [0.25, 0.3) is 6.43 Å². The van der Waals surface area contributed by atoms with Crippen molar-refractivity contribution < 1.29 is 18.7 Å². The molecule has 2 atom stereocenters. The summed E-state index contributed by atoms with van der Waals surface area (Å²) in [5.41, 5.74) is -3.85. The van der Waals surface area contributed by atoms with Crippen molar-refractivity contribution in [2.75, 3.05) is 0 Å². The number of carbonyl (C=O) groups is 1. The Kier molecular flexibility index (Phi) is 5.96. The Morgan fingerprint density at radius 2 is 1.67 bits per heavy atom. The fourth-order valence-electron chi connectivity index (χ4n) is 2.73. The van der Waals surface area contributed by atoms with Gasteiger partial charge in [0.2, 0.25) is 0 Å². The first-order valence-electron chi connectivity index (χ1n) is 8.46. The summed E-state index contributed by atoms with van der Waals surface area (Å²) in [6, 6.07) is 12.3. The second-order valence-corrected chi connectivity index (χ2v) is 10.1. The summed E-state index contributed by atoms with van der Waals surface area (Å²) < 4.78 is 26.3. The third-order valence-corrected chi connectivity index (χ3v) is 8.50. The topological polar surface area (TPSA) is 37.3 Å². The molecule has 3 rings (SSSR count). The Morgan fingerprint density at radius 1 is 1.04 bits per heavy atom. The first kappa shape index (κ1) is 20.3. The lowest BCUT2D eigenvalue weighted by molar-refractivity contribution is -0.165. The van der Waals surface area contributed by atoms with Crippen LogP contribution in [0.5, 0.6) is 0 Å². The molecule has 0 radical (unpaired) electrons. The van der Waals surface area contributed by atoms with E-state index < -0.39 is 17.4 Å². The van der Waals surface area contributed by atoms with E-state index in [1.807, 2.05) is 18.2 Å². The van der Waals surface area contributed by atoms with Crippen LogP contribution in [0.4, 0.5) is 8.78 Å². The molecule has 3 aromatic heterocycles. The van der Waals surface area contributed by atoms with Crippen LogP contribution in [-0.2, 0) is 11.2 Å². The lowest BCUT2D eigenvalue weighted by Gasteiger charge is -2.37. The molecule has 0 bridgehead atoms. The number of carbonyl (C=O) groups excluding carboxylic acids is 1. The van der Waals surface area contributed by atoms with Crippen molar-refractivity contribution in [3.05, 3.63) is 46.7 Å². The Labute approximate surface area is 169 Å². The zero-order valence-corrected chi connectivity index (χ0v) is 17.4. The van der Waals surface area contributed by atoms with Crippen LogP contribution in [0, 0.1) is 5.41 Å². The third kappa shape index (κ3) is 4.06. The fraction of sp³-hybridized carbons (Fsp3) is 0.350. The molecule has 0 aliphatic rings. The van der Waals surface area contributed by atoms with Gasteiger partial charge in [0.05, 0.1) is 5.41 Å². The van der Waals surface area contributed by atoms with Crippen molar-refractivity contribution in [1.29, 1.82) is 0 Å². The Balaban J connectivity index is 1.72. The standard InChI is InChI=1S/C20H20F2O2S3/c1-19(12-23,20(2,24)18(21)22)10-9-13-5-6-16(26-13)17-8-7-15(27-17)14-4-3-11-25-14/h3-8,11-12,18,24H,9-10H2,1-2H3. The highest BCUT2D eigenvalue weighted by molar-refractivity contribution is 7.26. The highest BCUT2D eigenvalue weighted by Gasteiger charge is 2.49. The van der Waals surface area contributed by atoms with E-state index in [0.717, 1.165) is 21.6 Å². The van der Waals surface area contributed by atoms with Crippen LogP contribution < -0.4 is 0 Å². The molecule has 3 aromatic rings. The highest BCUT2D eigenvalue weighted by Crippen LogP contribution is 2.41. The van der Waals surface area contributed by atoms with Crippen molar-refractivity contribution in [3.8, 4) is 19.5 Å². The maximum atomic E-state index is 13.2. The molecule has 2 nitrogen and oxygen atoms in total. The zero-order valence-electron chi connectivity index (χ0n) is 14.9. The van der Waals surface area contributed by atoms with Crippen LogP contribution in [0.15, 0.2) is 41.8 Å². The summed E-state index contributed by atoms with van der Waals surface area (Å²) in [6.45, 7) is 2.43. The smallest absolute Gasteiger partial charge is 0.267 e.